The molecule has 0 radical (unpaired) electrons. The van der Waals surface area contributed by atoms with E-state index in [1.807, 2.05) is 11.6 Å². The van der Waals surface area contributed by atoms with Gasteiger partial charge in [-0.2, -0.15) is 8.42 Å². The summed E-state index contributed by atoms with van der Waals surface area (Å²) in [5.74, 6) is -1.97. The van der Waals surface area contributed by atoms with Gasteiger partial charge in [-0.15, -0.1) is 0 Å². The smallest absolute Gasteiger partial charge is 0.345 e. The Morgan fingerprint density at radius 1 is 1.03 bits per heavy atom. The van der Waals surface area contributed by atoms with E-state index in [1.54, 1.807) is 12.1 Å². The number of hydrogen-bond donors (Lipinski definition) is 0. The predicted octanol–water partition coefficient (Wildman–Crippen LogP) is 4.67. The molecular weight excluding hydrogens is 410 g/mol. The molecular formula is C22H26F2N2O3S. The zero-order valence-electron chi connectivity index (χ0n) is 16.2. The number of hydrogen-bond acceptors (Lipinski definition) is 4. The Bertz CT molecular complexity index is 1150. The summed E-state index contributed by atoms with van der Waals surface area (Å²) in [5.41, 5.74) is 2.08. The molecule has 0 amide bonds. The first-order valence-electron chi connectivity index (χ1n) is 9.42. The van der Waals surface area contributed by atoms with Gasteiger partial charge >= 0.3 is 10.1 Å². The summed E-state index contributed by atoms with van der Waals surface area (Å²) >= 11 is 0. The van der Waals surface area contributed by atoms with Crippen LogP contribution in [0.3, 0.4) is 0 Å². The average molecular weight is 437 g/mol. The average Bonchev–Trinajstić information content (AvgIpc) is 2.98. The third-order valence-corrected chi connectivity index (χ3v) is 6.83. The van der Waals surface area contributed by atoms with Crippen LogP contribution >= 0.6 is 0 Å². The molecule has 2 aromatic carbocycles. The maximum Gasteiger partial charge on any atom is 0.345 e. The third kappa shape index (κ3) is 4.06. The quantitative estimate of drug-likeness (QED) is 0.558. The molecule has 0 saturated carbocycles. The molecule has 0 bridgehead atoms. The summed E-state index contributed by atoms with van der Waals surface area (Å²) < 4.78 is 60.0. The molecule has 1 aliphatic heterocycles. The lowest BCUT2D eigenvalue weighted by atomic mass is 9.89. The van der Waals surface area contributed by atoms with Crippen molar-refractivity contribution >= 4 is 21.0 Å². The Morgan fingerprint density at radius 3 is 2.30 bits per heavy atom. The second-order valence-electron chi connectivity index (χ2n) is 7.54. The number of rotatable bonds is 4. The first-order valence-corrected chi connectivity index (χ1v) is 10.8. The fraction of sp³-hybridized carbons (Fsp3) is 0.364. The van der Waals surface area contributed by atoms with Crippen LogP contribution in [0.25, 0.3) is 10.9 Å². The topological polar surface area (TPSA) is 51.5 Å². The first kappa shape index (κ1) is 22.2. The van der Waals surface area contributed by atoms with Gasteiger partial charge in [0.1, 0.15) is 17.4 Å². The van der Waals surface area contributed by atoms with Crippen LogP contribution in [0.15, 0.2) is 47.5 Å². The summed E-state index contributed by atoms with van der Waals surface area (Å²) in [7, 11) is -0.612. The van der Waals surface area contributed by atoms with E-state index in [0.29, 0.717) is 5.92 Å². The molecule has 0 atom stereocenters. The fourth-order valence-electron chi connectivity index (χ4n) is 3.99. The largest absolute Gasteiger partial charge is 0.379 e. The summed E-state index contributed by atoms with van der Waals surface area (Å²) in [6.45, 7) is 2.00. The highest BCUT2D eigenvalue weighted by Crippen LogP contribution is 2.36. The van der Waals surface area contributed by atoms with Crippen molar-refractivity contribution < 1.29 is 21.4 Å². The molecule has 1 aliphatic rings. The van der Waals surface area contributed by atoms with E-state index < -0.39 is 26.6 Å². The van der Waals surface area contributed by atoms with Gasteiger partial charge in [0.15, 0.2) is 4.90 Å². The van der Waals surface area contributed by atoms with Gasteiger partial charge in [0.05, 0.1) is 0 Å². The molecule has 2 heterocycles. The highest BCUT2D eigenvalue weighted by atomic mass is 32.2. The van der Waals surface area contributed by atoms with Crippen LogP contribution in [-0.2, 0) is 17.2 Å². The van der Waals surface area contributed by atoms with E-state index >= 15 is 0 Å². The van der Waals surface area contributed by atoms with E-state index in [0.717, 1.165) is 60.6 Å². The standard InChI is InChI=1S/C21H22F2N2O3S.CH4/c1-24-10-8-14(9-11-24)17-13-25(2)20-7-6-15(12-16(17)20)28-29(26,27)21-18(22)4-3-5-19(21)23;/h3-7,12-14H,8-11H2,1-2H3;1H4. The Labute approximate surface area is 176 Å². The lowest BCUT2D eigenvalue weighted by Gasteiger charge is -2.28. The van der Waals surface area contributed by atoms with Gasteiger partial charge in [0.2, 0.25) is 0 Å². The normalized spacial score (nSPS) is 15.9. The van der Waals surface area contributed by atoms with Gasteiger partial charge in [-0.05, 0) is 74.8 Å². The molecule has 162 valence electrons. The third-order valence-electron chi connectivity index (χ3n) is 5.53. The molecule has 5 nitrogen and oxygen atoms in total. The van der Waals surface area contributed by atoms with Crippen molar-refractivity contribution in [2.45, 2.75) is 31.1 Å². The highest BCUT2D eigenvalue weighted by Gasteiger charge is 2.27. The van der Waals surface area contributed by atoms with Crippen molar-refractivity contribution in [3.63, 3.8) is 0 Å². The van der Waals surface area contributed by atoms with Crippen molar-refractivity contribution in [1.29, 1.82) is 0 Å². The van der Waals surface area contributed by atoms with Gasteiger partial charge in [-0.1, -0.05) is 13.5 Å². The van der Waals surface area contributed by atoms with E-state index in [9.17, 15) is 17.2 Å². The monoisotopic (exact) mass is 436 g/mol. The lowest BCUT2D eigenvalue weighted by molar-refractivity contribution is 0.256. The SMILES string of the molecule is C.CN1CCC(c2cn(C)c3ccc(OS(=O)(=O)c4c(F)cccc4F)cc23)CC1. The number of piperidine rings is 1. The molecule has 1 fully saturated rings. The minimum Gasteiger partial charge on any atom is -0.379 e. The van der Waals surface area contributed by atoms with Crippen LogP contribution in [0.4, 0.5) is 8.78 Å². The molecule has 4 rings (SSSR count). The number of likely N-dealkylation sites (tertiary alicyclic amines) is 1. The summed E-state index contributed by atoms with van der Waals surface area (Å²) in [6.07, 6.45) is 4.09. The van der Waals surface area contributed by atoms with Crippen LogP contribution in [0.1, 0.15) is 31.7 Å². The van der Waals surface area contributed by atoms with Crippen LogP contribution < -0.4 is 4.18 Å². The highest BCUT2D eigenvalue weighted by molar-refractivity contribution is 7.87. The number of aryl methyl sites for hydroxylation is 1. The maximum atomic E-state index is 13.9. The Hall–Kier alpha value is -2.45. The molecule has 1 aromatic heterocycles. The zero-order valence-corrected chi connectivity index (χ0v) is 17.0. The molecule has 0 spiro atoms. The number of benzene rings is 2. The molecule has 0 unspecified atom stereocenters. The van der Waals surface area contributed by atoms with Crippen molar-refractivity contribution in [3.05, 3.63) is 59.8 Å². The number of aromatic nitrogens is 1. The van der Waals surface area contributed by atoms with Gasteiger partial charge in [-0.25, -0.2) is 8.78 Å². The second kappa shape index (κ2) is 8.35. The minimum atomic E-state index is -4.64. The number of halogens is 2. The number of nitrogens with zero attached hydrogens (tertiary/aromatic N) is 2. The second-order valence-corrected chi connectivity index (χ2v) is 9.02. The number of fused-ring (bicyclic) bond motifs is 1. The van der Waals surface area contributed by atoms with E-state index in [4.69, 9.17) is 4.18 Å². The molecule has 1 saturated heterocycles. The van der Waals surface area contributed by atoms with Crippen molar-refractivity contribution in [1.82, 2.24) is 9.47 Å². The Balaban J connectivity index is 0.00000256. The summed E-state index contributed by atoms with van der Waals surface area (Å²) in [6, 6.07) is 7.77. The zero-order chi connectivity index (χ0) is 20.8. The van der Waals surface area contributed by atoms with Crippen LogP contribution in [0.5, 0.6) is 5.75 Å². The Morgan fingerprint density at radius 2 is 1.67 bits per heavy atom. The van der Waals surface area contributed by atoms with Gasteiger partial charge in [0, 0.05) is 24.1 Å². The van der Waals surface area contributed by atoms with Gasteiger partial charge in [-0.3, -0.25) is 0 Å². The Kier molecular flexibility index (Phi) is 6.19. The predicted molar refractivity (Wildman–Crippen MR) is 113 cm³/mol. The van der Waals surface area contributed by atoms with Crippen molar-refractivity contribution in [2.24, 2.45) is 7.05 Å². The van der Waals surface area contributed by atoms with E-state index in [1.165, 1.54) is 6.07 Å². The van der Waals surface area contributed by atoms with Gasteiger partial charge < -0.3 is 13.7 Å². The van der Waals surface area contributed by atoms with Crippen LogP contribution in [-0.4, -0.2) is 38.0 Å². The summed E-state index contributed by atoms with van der Waals surface area (Å²) in [4.78, 5) is 1.20. The molecule has 0 aliphatic carbocycles. The van der Waals surface area contributed by atoms with E-state index in [2.05, 4.69) is 18.1 Å². The molecule has 0 N–H and O–H groups in total. The molecule has 3 aromatic rings. The van der Waals surface area contributed by atoms with Gasteiger partial charge in [0.25, 0.3) is 0 Å². The summed E-state index contributed by atoms with van der Waals surface area (Å²) in [5, 5.41) is 0.892. The van der Waals surface area contributed by atoms with E-state index in [-0.39, 0.29) is 13.2 Å². The maximum absolute atomic E-state index is 13.9. The van der Waals surface area contributed by atoms with Crippen LogP contribution in [0, 0.1) is 11.6 Å². The fourth-order valence-corrected chi connectivity index (χ4v) is 5.04. The van der Waals surface area contributed by atoms with Crippen LogP contribution in [0.2, 0.25) is 0 Å². The molecule has 30 heavy (non-hydrogen) atoms. The first-order chi connectivity index (χ1) is 13.8. The lowest BCUT2D eigenvalue weighted by Crippen LogP contribution is -2.29. The minimum absolute atomic E-state index is 0. The van der Waals surface area contributed by atoms with Crippen molar-refractivity contribution in [3.8, 4) is 5.75 Å². The molecule has 8 heteroatoms. The van der Waals surface area contributed by atoms with Crippen molar-refractivity contribution in [2.75, 3.05) is 20.1 Å².